The first-order valence-corrected chi connectivity index (χ1v) is 9.16. The molecule has 1 aromatic carbocycles. The van der Waals surface area contributed by atoms with Crippen LogP contribution in [0.25, 0.3) is 0 Å². The Hall–Kier alpha value is -1.87. The molecule has 126 valence electrons. The summed E-state index contributed by atoms with van der Waals surface area (Å²) in [5, 5.41) is 21.1. The molecule has 5 heteroatoms. The van der Waals surface area contributed by atoms with Gasteiger partial charge in [-0.25, -0.2) is 0 Å². The Balaban J connectivity index is 1.47. The van der Waals surface area contributed by atoms with Crippen LogP contribution in [0.5, 0.6) is 5.75 Å². The topological polar surface area (TPSA) is 56.5 Å². The van der Waals surface area contributed by atoms with Crippen LogP contribution in [0.1, 0.15) is 23.3 Å². The molecule has 1 heterocycles. The normalized spacial score (nSPS) is 15.2. The van der Waals surface area contributed by atoms with Crippen LogP contribution in [0.3, 0.4) is 0 Å². The van der Waals surface area contributed by atoms with Crippen molar-refractivity contribution in [3.63, 3.8) is 0 Å². The van der Waals surface area contributed by atoms with E-state index in [0.717, 1.165) is 17.9 Å². The molecule has 1 atom stereocenters. The van der Waals surface area contributed by atoms with Gasteiger partial charge in [0.2, 0.25) is 0 Å². The van der Waals surface area contributed by atoms with Crippen molar-refractivity contribution >= 4 is 11.3 Å². The third-order valence-electron chi connectivity index (χ3n) is 4.10. The van der Waals surface area contributed by atoms with Crippen molar-refractivity contribution in [2.24, 2.45) is 0 Å². The van der Waals surface area contributed by atoms with Crippen LogP contribution in [0.2, 0.25) is 0 Å². The SMILES string of the molecule is N#CCc1ccc(OC[C@@H](O)CN(Cc2cccs2)C2CC2)cc1. The van der Waals surface area contributed by atoms with Crippen molar-refractivity contribution < 1.29 is 9.84 Å². The van der Waals surface area contributed by atoms with E-state index in [0.29, 0.717) is 19.0 Å². The molecular weight excluding hydrogens is 320 g/mol. The summed E-state index contributed by atoms with van der Waals surface area (Å²) in [6, 6.07) is 14.4. The Morgan fingerprint density at radius 1 is 1.29 bits per heavy atom. The summed E-state index contributed by atoms with van der Waals surface area (Å²) in [5.74, 6) is 0.729. The number of hydrogen-bond acceptors (Lipinski definition) is 5. The molecule has 0 aliphatic heterocycles. The summed E-state index contributed by atoms with van der Waals surface area (Å²) in [5.41, 5.74) is 0.973. The molecule has 4 nitrogen and oxygen atoms in total. The number of thiophene rings is 1. The number of aliphatic hydroxyl groups is 1. The molecular formula is C19H22N2O2S. The highest BCUT2D eigenvalue weighted by molar-refractivity contribution is 7.09. The molecule has 0 saturated heterocycles. The molecule has 0 radical (unpaired) electrons. The first-order valence-electron chi connectivity index (χ1n) is 8.28. The third kappa shape index (κ3) is 5.07. The maximum Gasteiger partial charge on any atom is 0.119 e. The molecule has 1 aliphatic rings. The number of aliphatic hydroxyl groups excluding tert-OH is 1. The highest BCUT2D eigenvalue weighted by Crippen LogP contribution is 2.29. The number of nitriles is 1. The average molecular weight is 342 g/mol. The monoisotopic (exact) mass is 342 g/mol. The standard InChI is InChI=1S/C19H22N2O2S/c20-10-9-15-3-7-18(8-4-15)23-14-17(22)12-21(16-5-6-16)13-19-2-1-11-24-19/h1-4,7-8,11,16-17,22H,5-6,9,12-14H2/t17-/m0/s1. The van der Waals surface area contributed by atoms with Crippen molar-refractivity contribution in [1.82, 2.24) is 4.90 Å². The minimum atomic E-state index is -0.510. The zero-order valence-corrected chi connectivity index (χ0v) is 14.4. The van der Waals surface area contributed by atoms with Crippen molar-refractivity contribution in [1.29, 1.82) is 5.26 Å². The fourth-order valence-electron chi connectivity index (χ4n) is 2.70. The Kier molecular flexibility index (Phi) is 5.86. The van der Waals surface area contributed by atoms with Gasteiger partial charge < -0.3 is 9.84 Å². The van der Waals surface area contributed by atoms with Gasteiger partial charge in [0.25, 0.3) is 0 Å². The summed E-state index contributed by atoms with van der Waals surface area (Å²) in [6.45, 7) is 1.82. The zero-order chi connectivity index (χ0) is 16.8. The molecule has 0 bridgehead atoms. The second kappa shape index (κ2) is 8.29. The van der Waals surface area contributed by atoms with E-state index in [1.54, 1.807) is 11.3 Å². The Labute approximate surface area is 146 Å². The second-order valence-electron chi connectivity index (χ2n) is 6.18. The lowest BCUT2D eigenvalue weighted by Gasteiger charge is -2.24. The fourth-order valence-corrected chi connectivity index (χ4v) is 3.43. The van der Waals surface area contributed by atoms with Gasteiger partial charge in [-0.15, -0.1) is 11.3 Å². The molecule has 1 N–H and O–H groups in total. The van der Waals surface area contributed by atoms with E-state index in [2.05, 4.69) is 28.5 Å². The molecule has 3 rings (SSSR count). The minimum absolute atomic E-state index is 0.283. The van der Waals surface area contributed by atoms with E-state index < -0.39 is 6.10 Å². The van der Waals surface area contributed by atoms with Crippen LogP contribution in [-0.4, -0.2) is 35.3 Å². The van der Waals surface area contributed by atoms with E-state index in [-0.39, 0.29) is 6.61 Å². The van der Waals surface area contributed by atoms with Gasteiger partial charge in [-0.1, -0.05) is 18.2 Å². The number of benzene rings is 1. The van der Waals surface area contributed by atoms with E-state index in [1.165, 1.54) is 17.7 Å². The van der Waals surface area contributed by atoms with Crippen LogP contribution >= 0.6 is 11.3 Å². The highest BCUT2D eigenvalue weighted by Gasteiger charge is 2.30. The van der Waals surface area contributed by atoms with Gasteiger partial charge >= 0.3 is 0 Å². The fraction of sp³-hybridized carbons (Fsp3) is 0.421. The third-order valence-corrected chi connectivity index (χ3v) is 4.96. The van der Waals surface area contributed by atoms with Gasteiger partial charge in [0, 0.05) is 24.0 Å². The molecule has 0 amide bonds. The zero-order valence-electron chi connectivity index (χ0n) is 13.6. The number of nitrogens with zero attached hydrogens (tertiary/aromatic N) is 2. The first kappa shape index (κ1) is 17.0. The molecule has 1 aliphatic carbocycles. The van der Waals surface area contributed by atoms with Gasteiger partial charge in [-0.05, 0) is 42.0 Å². The Morgan fingerprint density at radius 2 is 2.08 bits per heavy atom. The first-order chi connectivity index (χ1) is 11.7. The van der Waals surface area contributed by atoms with Gasteiger partial charge in [0.05, 0.1) is 12.5 Å². The molecule has 24 heavy (non-hydrogen) atoms. The van der Waals surface area contributed by atoms with Gasteiger partial charge in [0.15, 0.2) is 0 Å². The lowest BCUT2D eigenvalue weighted by atomic mass is 10.2. The van der Waals surface area contributed by atoms with Gasteiger partial charge in [-0.3, -0.25) is 4.90 Å². The predicted octanol–water partition coefficient (Wildman–Crippen LogP) is 3.22. The summed E-state index contributed by atoms with van der Waals surface area (Å²) in [4.78, 5) is 3.69. The quantitative estimate of drug-likeness (QED) is 0.760. The molecule has 0 unspecified atom stereocenters. The Morgan fingerprint density at radius 3 is 2.71 bits per heavy atom. The summed E-state index contributed by atoms with van der Waals surface area (Å²) < 4.78 is 5.68. The van der Waals surface area contributed by atoms with Crippen LogP contribution in [0, 0.1) is 11.3 Å². The van der Waals surface area contributed by atoms with Crippen molar-refractivity contribution in [3.8, 4) is 11.8 Å². The smallest absolute Gasteiger partial charge is 0.119 e. The van der Waals surface area contributed by atoms with Crippen molar-refractivity contribution in [3.05, 3.63) is 52.2 Å². The number of hydrogen-bond donors (Lipinski definition) is 1. The van der Waals surface area contributed by atoms with Crippen molar-refractivity contribution in [2.45, 2.75) is 38.0 Å². The predicted molar refractivity (Wildman–Crippen MR) is 95.0 cm³/mol. The average Bonchev–Trinajstić information content (AvgIpc) is 3.31. The minimum Gasteiger partial charge on any atom is -0.491 e. The lowest BCUT2D eigenvalue weighted by molar-refractivity contribution is 0.0630. The number of rotatable bonds is 9. The maximum atomic E-state index is 10.3. The van der Waals surface area contributed by atoms with Crippen LogP contribution in [-0.2, 0) is 13.0 Å². The lowest BCUT2D eigenvalue weighted by Crippen LogP contribution is -2.36. The largest absolute Gasteiger partial charge is 0.491 e. The van der Waals surface area contributed by atoms with Gasteiger partial charge in [0.1, 0.15) is 18.5 Å². The van der Waals surface area contributed by atoms with Crippen LogP contribution < -0.4 is 4.74 Å². The molecule has 1 fully saturated rings. The summed E-state index contributed by atoms with van der Waals surface area (Å²) in [6.07, 6.45) is 2.34. The highest BCUT2D eigenvalue weighted by atomic mass is 32.1. The van der Waals surface area contributed by atoms with Crippen LogP contribution in [0.4, 0.5) is 0 Å². The Bertz CT molecular complexity index is 660. The summed E-state index contributed by atoms with van der Waals surface area (Å²) in [7, 11) is 0. The van der Waals surface area contributed by atoms with E-state index in [4.69, 9.17) is 10.00 Å². The van der Waals surface area contributed by atoms with Crippen molar-refractivity contribution in [2.75, 3.05) is 13.2 Å². The molecule has 2 aromatic rings. The van der Waals surface area contributed by atoms with E-state index in [1.807, 2.05) is 24.3 Å². The molecule has 0 spiro atoms. The van der Waals surface area contributed by atoms with E-state index in [9.17, 15) is 5.11 Å². The second-order valence-corrected chi connectivity index (χ2v) is 7.22. The maximum absolute atomic E-state index is 10.3. The summed E-state index contributed by atoms with van der Waals surface area (Å²) >= 11 is 1.76. The molecule has 1 aromatic heterocycles. The number of ether oxygens (including phenoxy) is 1. The van der Waals surface area contributed by atoms with Crippen LogP contribution in [0.15, 0.2) is 41.8 Å². The van der Waals surface area contributed by atoms with Gasteiger partial charge in [-0.2, -0.15) is 5.26 Å². The van der Waals surface area contributed by atoms with E-state index >= 15 is 0 Å². The molecule has 1 saturated carbocycles.